The van der Waals surface area contributed by atoms with Gasteiger partial charge in [-0.2, -0.15) is 26.3 Å². The van der Waals surface area contributed by atoms with E-state index >= 15 is 0 Å². The third-order valence-electron chi connectivity index (χ3n) is 13.9. The fourth-order valence-electron chi connectivity index (χ4n) is 10.9. The third kappa shape index (κ3) is 6.41. The van der Waals surface area contributed by atoms with Crippen molar-refractivity contribution in [3.63, 3.8) is 0 Å². The van der Waals surface area contributed by atoms with Crippen LogP contribution in [0.15, 0.2) is 212 Å². The van der Waals surface area contributed by atoms with Gasteiger partial charge in [0.15, 0.2) is 0 Å². The molecule has 8 heteroatoms. The molecule has 12 rings (SSSR count). The van der Waals surface area contributed by atoms with E-state index in [9.17, 15) is 26.3 Å². The Morgan fingerprint density at radius 2 is 0.970 bits per heavy atom. The van der Waals surface area contributed by atoms with Gasteiger partial charge in [0.25, 0.3) is 0 Å². The maximum absolute atomic E-state index is 14.1. The van der Waals surface area contributed by atoms with E-state index in [0.717, 1.165) is 62.9 Å². The molecule has 0 radical (unpaired) electrons. The van der Waals surface area contributed by atoms with Crippen molar-refractivity contribution in [2.75, 3.05) is 0 Å². The van der Waals surface area contributed by atoms with Crippen LogP contribution in [-0.2, 0) is 12.4 Å². The lowest BCUT2D eigenvalue weighted by atomic mass is 9.58. The summed E-state index contributed by atoms with van der Waals surface area (Å²) in [6, 6.07) is 56.7. The Labute approximate surface area is 381 Å². The zero-order chi connectivity index (χ0) is 45.8. The Morgan fingerprint density at radius 1 is 0.448 bits per heavy atom. The fourth-order valence-corrected chi connectivity index (χ4v) is 10.9. The second-order valence-electron chi connectivity index (χ2n) is 17.7. The zero-order valence-corrected chi connectivity index (χ0v) is 35.9. The largest absolute Gasteiger partial charge is 0.416 e. The maximum Gasteiger partial charge on any atom is 0.416 e. The molecule has 2 unspecified atom stereocenters. The van der Waals surface area contributed by atoms with E-state index < -0.39 is 23.5 Å². The molecular formula is C59H38F6N2. The number of nitrogens with zero attached hydrogens (tertiary/aromatic N) is 2. The Kier molecular flexibility index (Phi) is 9.00. The lowest BCUT2D eigenvalue weighted by molar-refractivity contribution is -0.138. The summed E-state index contributed by atoms with van der Waals surface area (Å²) in [6.07, 6.45) is -0.203. The van der Waals surface area contributed by atoms with Crippen LogP contribution in [0.5, 0.6) is 0 Å². The van der Waals surface area contributed by atoms with Crippen molar-refractivity contribution in [2.24, 2.45) is 5.41 Å². The normalized spacial score (nSPS) is 17.2. The Bertz CT molecular complexity index is 3710. The van der Waals surface area contributed by atoms with Crippen molar-refractivity contribution in [1.82, 2.24) is 9.13 Å². The average Bonchev–Trinajstić information content (AvgIpc) is 3.85. The minimum absolute atomic E-state index is 0.0588. The molecule has 0 aliphatic heterocycles. The van der Waals surface area contributed by atoms with Gasteiger partial charge in [-0.05, 0) is 129 Å². The molecule has 2 nitrogen and oxygen atoms in total. The molecule has 10 aromatic rings. The summed E-state index contributed by atoms with van der Waals surface area (Å²) in [5, 5.41) is 2.96. The number of allylic oxidation sites excluding steroid dienone is 5. The highest BCUT2D eigenvalue weighted by molar-refractivity contribution is 6.13. The van der Waals surface area contributed by atoms with E-state index in [-0.39, 0.29) is 11.3 Å². The quantitative estimate of drug-likeness (QED) is 0.152. The second-order valence-corrected chi connectivity index (χ2v) is 17.7. The monoisotopic (exact) mass is 888 g/mol. The number of fused-ring (bicyclic) bond motifs is 8. The number of halogens is 6. The van der Waals surface area contributed by atoms with E-state index in [1.807, 2.05) is 36.4 Å². The first-order valence-electron chi connectivity index (χ1n) is 22.1. The molecule has 0 spiro atoms. The summed E-state index contributed by atoms with van der Waals surface area (Å²) in [4.78, 5) is 0. The highest BCUT2D eigenvalue weighted by Crippen LogP contribution is 2.57. The van der Waals surface area contributed by atoms with Crippen molar-refractivity contribution < 1.29 is 26.3 Å². The lowest BCUT2D eigenvalue weighted by Crippen LogP contribution is -2.32. The summed E-state index contributed by atoms with van der Waals surface area (Å²) in [7, 11) is 0. The lowest BCUT2D eigenvalue weighted by Gasteiger charge is -2.45. The van der Waals surface area contributed by atoms with Crippen LogP contribution in [0.3, 0.4) is 0 Å². The number of hydrogen-bond acceptors (Lipinski definition) is 0. The molecule has 0 amide bonds. The molecule has 2 atom stereocenters. The van der Waals surface area contributed by atoms with Gasteiger partial charge < -0.3 is 9.13 Å². The molecule has 0 N–H and O–H groups in total. The first-order valence-corrected chi connectivity index (χ1v) is 22.1. The first-order chi connectivity index (χ1) is 32.4. The van der Waals surface area contributed by atoms with Crippen LogP contribution < -0.4 is 0 Å². The topological polar surface area (TPSA) is 9.86 Å². The van der Waals surface area contributed by atoms with Gasteiger partial charge in [-0.25, -0.2) is 0 Å². The predicted molar refractivity (Wildman–Crippen MR) is 258 cm³/mol. The van der Waals surface area contributed by atoms with Crippen molar-refractivity contribution in [3.05, 3.63) is 245 Å². The van der Waals surface area contributed by atoms with Gasteiger partial charge in [0.2, 0.25) is 0 Å². The summed E-state index contributed by atoms with van der Waals surface area (Å²) in [5.74, 6) is 0.0588. The van der Waals surface area contributed by atoms with E-state index in [4.69, 9.17) is 0 Å². The number of rotatable bonds is 5. The van der Waals surface area contributed by atoms with Crippen LogP contribution in [0.1, 0.15) is 46.2 Å². The first kappa shape index (κ1) is 40.7. The van der Waals surface area contributed by atoms with Crippen LogP contribution in [0.4, 0.5) is 26.3 Å². The van der Waals surface area contributed by atoms with Crippen molar-refractivity contribution in [3.8, 4) is 22.5 Å². The summed E-state index contributed by atoms with van der Waals surface area (Å²) >= 11 is 0. The molecule has 8 aromatic carbocycles. The van der Waals surface area contributed by atoms with Gasteiger partial charge in [0.05, 0.1) is 33.2 Å². The number of hydrogen-bond donors (Lipinski definition) is 0. The maximum atomic E-state index is 14.1. The second kappa shape index (κ2) is 14.8. The van der Waals surface area contributed by atoms with Crippen LogP contribution in [0.2, 0.25) is 0 Å². The van der Waals surface area contributed by atoms with Gasteiger partial charge in [0, 0.05) is 44.3 Å². The SMILES string of the molecule is CC12C=CC=CC1=C(c1ccccc1)c1ccccc1C2c1ccc(-n2c3ccccc3c3cc(-c4ccc5c(c4)c4cc(C(F)(F)F)ccc4n5-c4ccc(C(F)(F)F)cc4)ccc32)cc1. The average molecular weight is 889 g/mol. The predicted octanol–water partition coefficient (Wildman–Crippen LogP) is 16.7. The molecule has 2 heterocycles. The van der Waals surface area contributed by atoms with Crippen LogP contribution in [0.25, 0.3) is 71.7 Å². The minimum Gasteiger partial charge on any atom is -0.309 e. The number of para-hydroxylation sites is 1. The number of benzene rings is 8. The van der Waals surface area contributed by atoms with Crippen molar-refractivity contribution in [2.45, 2.75) is 25.2 Å². The molecule has 0 saturated carbocycles. The Balaban J connectivity index is 0.962. The van der Waals surface area contributed by atoms with Crippen molar-refractivity contribution in [1.29, 1.82) is 0 Å². The van der Waals surface area contributed by atoms with Crippen LogP contribution >= 0.6 is 0 Å². The smallest absolute Gasteiger partial charge is 0.309 e. The Hall–Kier alpha value is -7.84. The van der Waals surface area contributed by atoms with Crippen LogP contribution in [-0.4, -0.2) is 9.13 Å². The fraction of sp³-hybridized carbons (Fsp3) is 0.0847. The molecular weight excluding hydrogens is 851 g/mol. The molecule has 326 valence electrons. The van der Waals surface area contributed by atoms with Crippen molar-refractivity contribution >= 4 is 49.2 Å². The highest BCUT2D eigenvalue weighted by Gasteiger charge is 2.44. The summed E-state index contributed by atoms with van der Waals surface area (Å²) in [6.45, 7) is 2.35. The van der Waals surface area contributed by atoms with Gasteiger partial charge in [0.1, 0.15) is 0 Å². The van der Waals surface area contributed by atoms with Gasteiger partial charge >= 0.3 is 12.4 Å². The summed E-state index contributed by atoms with van der Waals surface area (Å²) in [5.41, 5.74) is 11.7. The van der Waals surface area contributed by atoms with E-state index in [2.05, 4.69) is 139 Å². The highest BCUT2D eigenvalue weighted by atomic mass is 19.4. The number of alkyl halides is 6. The summed E-state index contributed by atoms with van der Waals surface area (Å²) < 4.78 is 86.9. The minimum atomic E-state index is -4.59. The van der Waals surface area contributed by atoms with E-state index in [0.29, 0.717) is 27.5 Å². The Morgan fingerprint density at radius 3 is 1.63 bits per heavy atom. The standard InChI is InChI=1S/C59H38F6N2/c1-57-32-10-9-16-50(57)55(36-11-3-2-4-12-36)45-14-5-6-15-46(45)56(57)37-18-25-42(26-19-37)66-51-17-8-7-13-44(51)47-33-38(20-29-52(47)66)39-21-30-53-48(34-39)49-35-41(59(63,64)65)24-31-54(49)67(53)43-27-22-40(23-28-43)58(60,61)62/h2-35,56H,1H3. The van der Waals surface area contributed by atoms with Gasteiger partial charge in [-0.3, -0.25) is 0 Å². The number of aromatic nitrogens is 2. The van der Waals surface area contributed by atoms with E-state index in [1.165, 1.54) is 51.6 Å². The third-order valence-corrected chi connectivity index (χ3v) is 13.9. The molecule has 2 aromatic heterocycles. The molecule has 2 aliphatic carbocycles. The van der Waals surface area contributed by atoms with Crippen LogP contribution in [0, 0.1) is 5.41 Å². The molecule has 2 aliphatic rings. The van der Waals surface area contributed by atoms with Gasteiger partial charge in [-0.15, -0.1) is 0 Å². The molecule has 67 heavy (non-hydrogen) atoms. The van der Waals surface area contributed by atoms with Gasteiger partial charge in [-0.1, -0.05) is 128 Å². The molecule has 0 bridgehead atoms. The zero-order valence-electron chi connectivity index (χ0n) is 35.9. The molecule has 0 saturated heterocycles. The molecule has 0 fully saturated rings. The van der Waals surface area contributed by atoms with E-state index in [1.54, 1.807) is 4.57 Å².